The molecule has 164 valence electrons. The van der Waals surface area contributed by atoms with Crippen LogP contribution in [0.5, 0.6) is 0 Å². The number of hydrogen-bond acceptors (Lipinski definition) is 4. The Bertz CT molecular complexity index is 1160. The number of benzene rings is 2. The van der Waals surface area contributed by atoms with E-state index in [0.717, 1.165) is 5.56 Å². The lowest BCUT2D eigenvalue weighted by Gasteiger charge is -2.21. The Morgan fingerprint density at radius 1 is 1.03 bits per heavy atom. The number of halogens is 1. The van der Waals surface area contributed by atoms with Crippen molar-refractivity contribution in [2.75, 3.05) is 11.8 Å². The smallest absolute Gasteiger partial charge is 0.261 e. The van der Waals surface area contributed by atoms with E-state index in [1.165, 1.54) is 19.5 Å². The van der Waals surface area contributed by atoms with Crippen LogP contribution in [0.3, 0.4) is 0 Å². The Hall–Kier alpha value is -2.61. The van der Waals surface area contributed by atoms with Crippen molar-refractivity contribution in [3.05, 3.63) is 93.9 Å². The van der Waals surface area contributed by atoms with E-state index >= 15 is 0 Å². The summed E-state index contributed by atoms with van der Waals surface area (Å²) in [4.78, 5) is 0.155. The SMILES string of the molecule is COC(c1cc[n+]([O-])cc1)c1cc(Cl)ccc1NS(=O)(=O)c1ccc(C(C)(C)C)cc1. The van der Waals surface area contributed by atoms with E-state index in [2.05, 4.69) is 25.5 Å². The summed E-state index contributed by atoms with van der Waals surface area (Å²) in [6.45, 7) is 6.20. The minimum absolute atomic E-state index is 0.0807. The van der Waals surface area contributed by atoms with E-state index in [9.17, 15) is 13.6 Å². The van der Waals surface area contributed by atoms with Gasteiger partial charge in [0, 0.05) is 29.8 Å². The molecule has 0 spiro atoms. The van der Waals surface area contributed by atoms with Crippen LogP contribution in [0.1, 0.15) is 43.6 Å². The van der Waals surface area contributed by atoms with Gasteiger partial charge in [-0.2, -0.15) is 4.73 Å². The standard InChI is InChI=1S/C23H25ClN2O4S/c1-23(2,3)17-5-8-19(9-6-17)31(28,29)25-21-10-7-18(24)15-20(21)22(30-4)16-11-13-26(27)14-12-16/h5-15,22,25H,1-4H3. The van der Waals surface area contributed by atoms with E-state index in [1.807, 2.05) is 12.1 Å². The summed E-state index contributed by atoms with van der Waals surface area (Å²) in [7, 11) is -2.34. The molecule has 1 unspecified atom stereocenters. The van der Waals surface area contributed by atoms with Crippen LogP contribution in [0, 0.1) is 5.21 Å². The molecule has 31 heavy (non-hydrogen) atoms. The lowest BCUT2D eigenvalue weighted by Crippen LogP contribution is -2.24. The summed E-state index contributed by atoms with van der Waals surface area (Å²) >= 11 is 6.19. The molecule has 3 aromatic rings. The van der Waals surface area contributed by atoms with E-state index in [4.69, 9.17) is 16.3 Å². The molecule has 1 N–H and O–H groups in total. The zero-order chi connectivity index (χ0) is 22.8. The molecular weight excluding hydrogens is 436 g/mol. The van der Waals surface area contributed by atoms with Crippen molar-refractivity contribution in [1.29, 1.82) is 0 Å². The second-order valence-corrected chi connectivity index (χ2v) is 10.3. The topological polar surface area (TPSA) is 82.3 Å². The number of sulfonamides is 1. The largest absolute Gasteiger partial charge is 0.619 e. The molecule has 0 amide bonds. The van der Waals surface area contributed by atoms with E-state index in [0.29, 0.717) is 26.6 Å². The third-order valence-electron chi connectivity index (χ3n) is 4.94. The fraction of sp³-hybridized carbons (Fsp3) is 0.261. The maximum absolute atomic E-state index is 13.1. The number of ether oxygens (including phenoxy) is 1. The number of aromatic nitrogens is 1. The predicted molar refractivity (Wildman–Crippen MR) is 122 cm³/mol. The fourth-order valence-electron chi connectivity index (χ4n) is 3.22. The third-order valence-corrected chi connectivity index (χ3v) is 6.55. The number of pyridine rings is 1. The molecule has 0 aliphatic rings. The second-order valence-electron chi connectivity index (χ2n) is 8.22. The molecular formula is C23H25ClN2O4S. The predicted octanol–water partition coefficient (Wildman–Crippen LogP) is 4.81. The van der Waals surface area contributed by atoms with Gasteiger partial charge in [-0.3, -0.25) is 4.72 Å². The van der Waals surface area contributed by atoms with Crippen LogP contribution in [0.4, 0.5) is 5.69 Å². The molecule has 0 aliphatic carbocycles. The van der Waals surface area contributed by atoms with Gasteiger partial charge in [0.1, 0.15) is 6.10 Å². The van der Waals surface area contributed by atoms with Gasteiger partial charge in [0.2, 0.25) is 0 Å². The summed E-state index contributed by atoms with van der Waals surface area (Å²) in [5.74, 6) is 0. The summed E-state index contributed by atoms with van der Waals surface area (Å²) in [5.41, 5.74) is 2.52. The zero-order valence-electron chi connectivity index (χ0n) is 17.8. The van der Waals surface area contributed by atoms with E-state index in [1.54, 1.807) is 42.5 Å². The number of rotatable bonds is 6. The Balaban J connectivity index is 1.99. The number of nitrogens with zero attached hydrogens (tertiary/aromatic N) is 1. The van der Waals surface area contributed by atoms with E-state index < -0.39 is 16.1 Å². The minimum atomic E-state index is -3.84. The minimum Gasteiger partial charge on any atom is -0.619 e. The molecule has 6 nitrogen and oxygen atoms in total. The first-order valence-corrected chi connectivity index (χ1v) is 11.5. The fourth-order valence-corrected chi connectivity index (χ4v) is 4.49. The van der Waals surface area contributed by atoms with Crippen LogP contribution >= 0.6 is 11.6 Å². The number of anilines is 1. The molecule has 2 aromatic carbocycles. The molecule has 0 aliphatic heterocycles. The van der Waals surface area contributed by atoms with Gasteiger partial charge in [-0.25, -0.2) is 8.42 Å². The van der Waals surface area contributed by atoms with Crippen molar-refractivity contribution in [3.8, 4) is 0 Å². The summed E-state index contributed by atoms with van der Waals surface area (Å²) in [6.07, 6.45) is 2.08. The first-order valence-electron chi connectivity index (χ1n) is 9.65. The van der Waals surface area contributed by atoms with Crippen molar-refractivity contribution in [2.24, 2.45) is 0 Å². The first kappa shape index (κ1) is 23.1. The van der Waals surface area contributed by atoms with Gasteiger partial charge >= 0.3 is 0 Å². The van der Waals surface area contributed by atoms with Gasteiger partial charge in [-0.15, -0.1) is 0 Å². The quantitative estimate of drug-likeness (QED) is 0.422. The van der Waals surface area contributed by atoms with Crippen LogP contribution in [0.15, 0.2) is 71.9 Å². The highest BCUT2D eigenvalue weighted by Gasteiger charge is 2.23. The van der Waals surface area contributed by atoms with Gasteiger partial charge in [0.15, 0.2) is 12.4 Å². The maximum Gasteiger partial charge on any atom is 0.261 e. The first-order chi connectivity index (χ1) is 14.5. The highest BCUT2D eigenvalue weighted by Crippen LogP contribution is 2.34. The number of methoxy groups -OCH3 is 1. The average Bonchev–Trinajstić information content (AvgIpc) is 2.71. The van der Waals surface area contributed by atoms with Gasteiger partial charge in [-0.05, 0) is 46.9 Å². The van der Waals surface area contributed by atoms with Gasteiger partial charge < -0.3 is 9.94 Å². The second kappa shape index (κ2) is 8.86. The van der Waals surface area contributed by atoms with Crippen molar-refractivity contribution < 1.29 is 17.9 Å². The molecule has 0 fully saturated rings. The summed E-state index contributed by atoms with van der Waals surface area (Å²) in [6, 6.07) is 14.9. The molecule has 1 atom stereocenters. The average molecular weight is 461 g/mol. The lowest BCUT2D eigenvalue weighted by molar-refractivity contribution is -0.605. The molecule has 1 heterocycles. The molecule has 0 radical (unpaired) electrons. The van der Waals surface area contributed by atoms with Gasteiger partial charge in [0.25, 0.3) is 10.0 Å². The van der Waals surface area contributed by atoms with Gasteiger partial charge in [-0.1, -0.05) is 44.5 Å². The summed E-state index contributed by atoms with van der Waals surface area (Å²) < 4.78 is 35.1. The highest BCUT2D eigenvalue weighted by molar-refractivity contribution is 7.92. The normalized spacial score (nSPS) is 13.1. The van der Waals surface area contributed by atoms with Crippen molar-refractivity contribution >= 4 is 27.3 Å². The van der Waals surface area contributed by atoms with Gasteiger partial charge in [0.05, 0.1) is 10.6 Å². The zero-order valence-corrected chi connectivity index (χ0v) is 19.4. The highest BCUT2D eigenvalue weighted by atomic mass is 35.5. The van der Waals surface area contributed by atoms with Crippen molar-refractivity contribution in [1.82, 2.24) is 0 Å². The summed E-state index contributed by atoms with van der Waals surface area (Å²) in [5, 5.41) is 11.8. The maximum atomic E-state index is 13.1. The molecule has 0 saturated heterocycles. The van der Waals surface area contributed by atoms with Crippen LogP contribution in [-0.4, -0.2) is 15.5 Å². The van der Waals surface area contributed by atoms with Crippen LogP contribution in [0.25, 0.3) is 0 Å². The van der Waals surface area contributed by atoms with Crippen LogP contribution in [0.2, 0.25) is 5.02 Å². The Labute approximate surface area is 188 Å². The Morgan fingerprint density at radius 3 is 2.19 bits per heavy atom. The van der Waals surface area contributed by atoms with Crippen LogP contribution in [-0.2, 0) is 20.2 Å². The monoisotopic (exact) mass is 460 g/mol. The lowest BCUT2D eigenvalue weighted by atomic mass is 9.87. The van der Waals surface area contributed by atoms with E-state index in [-0.39, 0.29) is 10.3 Å². The Morgan fingerprint density at radius 2 is 1.65 bits per heavy atom. The molecule has 0 saturated carbocycles. The number of nitrogens with one attached hydrogen (secondary N) is 1. The Kier molecular flexibility index (Phi) is 6.59. The molecule has 3 rings (SSSR count). The van der Waals surface area contributed by atoms with Crippen molar-refractivity contribution in [3.63, 3.8) is 0 Å². The van der Waals surface area contributed by atoms with Crippen LogP contribution < -0.4 is 9.45 Å². The number of hydrogen-bond donors (Lipinski definition) is 1. The van der Waals surface area contributed by atoms with Crippen molar-refractivity contribution in [2.45, 2.75) is 37.2 Å². The third kappa shape index (κ3) is 5.36. The molecule has 0 bridgehead atoms. The molecule has 8 heteroatoms. The molecule has 1 aromatic heterocycles.